The molecule has 4 aromatic rings. The molecule has 0 spiro atoms. The van der Waals surface area contributed by atoms with E-state index >= 15 is 0 Å². The van der Waals surface area contributed by atoms with E-state index in [2.05, 4.69) is 15.9 Å². The lowest BCUT2D eigenvalue weighted by Gasteiger charge is -2.14. The second-order valence-corrected chi connectivity index (χ2v) is 6.59. The van der Waals surface area contributed by atoms with Crippen LogP contribution in [-0.4, -0.2) is 14.0 Å². The SMILES string of the molecule is CC(C)n1c(=O)c2ccc(Br)cc2c2nc3ccccn3c21. The molecule has 1 aromatic carbocycles. The second kappa shape index (κ2) is 4.68. The molecule has 110 valence electrons. The van der Waals surface area contributed by atoms with E-state index in [4.69, 9.17) is 4.98 Å². The fourth-order valence-electron chi connectivity index (χ4n) is 3.00. The van der Waals surface area contributed by atoms with Crippen LogP contribution in [0.5, 0.6) is 0 Å². The van der Waals surface area contributed by atoms with Crippen molar-refractivity contribution in [3.8, 4) is 0 Å². The number of imidazole rings is 1. The molecule has 0 aliphatic rings. The van der Waals surface area contributed by atoms with E-state index in [1.807, 2.05) is 65.4 Å². The molecule has 4 nitrogen and oxygen atoms in total. The first-order chi connectivity index (χ1) is 10.6. The van der Waals surface area contributed by atoms with Gasteiger partial charge >= 0.3 is 0 Å². The predicted molar refractivity (Wildman–Crippen MR) is 92.5 cm³/mol. The maximum Gasteiger partial charge on any atom is 0.260 e. The molecule has 4 rings (SSSR count). The van der Waals surface area contributed by atoms with Gasteiger partial charge in [0.1, 0.15) is 16.8 Å². The minimum Gasteiger partial charge on any atom is -0.289 e. The van der Waals surface area contributed by atoms with Gasteiger partial charge in [0.25, 0.3) is 5.56 Å². The number of halogens is 1. The number of hydrogen-bond acceptors (Lipinski definition) is 2. The smallest absolute Gasteiger partial charge is 0.260 e. The van der Waals surface area contributed by atoms with E-state index < -0.39 is 0 Å². The topological polar surface area (TPSA) is 39.3 Å². The Morgan fingerprint density at radius 3 is 2.73 bits per heavy atom. The van der Waals surface area contributed by atoms with Crippen LogP contribution in [0.15, 0.2) is 51.9 Å². The Labute approximate surface area is 135 Å². The molecule has 0 saturated carbocycles. The minimum absolute atomic E-state index is 0.0238. The molecular weight excluding hydrogens is 342 g/mol. The van der Waals surface area contributed by atoms with Crippen molar-refractivity contribution in [1.82, 2.24) is 14.0 Å². The average molecular weight is 356 g/mol. The van der Waals surface area contributed by atoms with Crippen LogP contribution in [0.25, 0.3) is 27.6 Å². The molecule has 0 N–H and O–H groups in total. The summed E-state index contributed by atoms with van der Waals surface area (Å²) >= 11 is 3.49. The molecule has 22 heavy (non-hydrogen) atoms. The molecule has 0 saturated heterocycles. The molecule has 5 heteroatoms. The van der Waals surface area contributed by atoms with Crippen molar-refractivity contribution in [1.29, 1.82) is 0 Å². The first-order valence-electron chi connectivity index (χ1n) is 7.18. The summed E-state index contributed by atoms with van der Waals surface area (Å²) in [6.45, 7) is 4.04. The number of pyridine rings is 2. The van der Waals surface area contributed by atoms with E-state index in [9.17, 15) is 4.79 Å². The van der Waals surface area contributed by atoms with Crippen molar-refractivity contribution in [3.63, 3.8) is 0 Å². The lowest BCUT2D eigenvalue weighted by atomic mass is 10.1. The number of aromatic nitrogens is 3. The van der Waals surface area contributed by atoms with Gasteiger partial charge in [0.05, 0.1) is 0 Å². The van der Waals surface area contributed by atoms with Crippen molar-refractivity contribution in [2.75, 3.05) is 0 Å². The average Bonchev–Trinajstić information content (AvgIpc) is 2.86. The van der Waals surface area contributed by atoms with E-state index in [0.717, 1.165) is 26.7 Å². The van der Waals surface area contributed by atoms with Crippen LogP contribution in [0.2, 0.25) is 0 Å². The van der Waals surface area contributed by atoms with Crippen molar-refractivity contribution in [2.24, 2.45) is 0 Å². The summed E-state index contributed by atoms with van der Waals surface area (Å²) in [4.78, 5) is 17.7. The highest BCUT2D eigenvalue weighted by Gasteiger charge is 2.17. The maximum absolute atomic E-state index is 12.9. The van der Waals surface area contributed by atoms with Gasteiger partial charge in [-0.2, -0.15) is 0 Å². The fourth-order valence-corrected chi connectivity index (χ4v) is 3.36. The quantitative estimate of drug-likeness (QED) is 0.514. The molecule has 0 aliphatic heterocycles. The van der Waals surface area contributed by atoms with Crippen LogP contribution in [-0.2, 0) is 0 Å². The lowest BCUT2D eigenvalue weighted by molar-refractivity contribution is 0.597. The third-order valence-corrected chi connectivity index (χ3v) is 4.43. The van der Waals surface area contributed by atoms with Crippen molar-refractivity contribution < 1.29 is 0 Å². The van der Waals surface area contributed by atoms with Gasteiger partial charge in [0.2, 0.25) is 0 Å². The minimum atomic E-state index is 0.0238. The molecule has 0 unspecified atom stereocenters. The fraction of sp³-hybridized carbons (Fsp3) is 0.176. The highest BCUT2D eigenvalue weighted by Crippen LogP contribution is 2.27. The van der Waals surface area contributed by atoms with Crippen LogP contribution >= 0.6 is 15.9 Å². The van der Waals surface area contributed by atoms with Gasteiger partial charge in [0, 0.05) is 27.5 Å². The van der Waals surface area contributed by atoms with Gasteiger partial charge in [-0.05, 0) is 44.2 Å². The molecule has 0 radical (unpaired) electrons. The Kier molecular flexibility index (Phi) is 2.87. The Morgan fingerprint density at radius 1 is 1.14 bits per heavy atom. The maximum atomic E-state index is 12.9. The Bertz CT molecular complexity index is 1090. The molecule has 0 fully saturated rings. The third-order valence-electron chi connectivity index (χ3n) is 3.94. The number of hydrogen-bond donors (Lipinski definition) is 0. The standard InChI is InChI=1S/C17H14BrN3O/c1-10(2)21-16-15(19-14-5-3-4-8-20(14)16)13-9-11(18)6-7-12(13)17(21)22/h3-10H,1-2H3. The van der Waals surface area contributed by atoms with E-state index in [0.29, 0.717) is 5.39 Å². The number of nitrogens with zero attached hydrogens (tertiary/aromatic N) is 3. The zero-order valence-electron chi connectivity index (χ0n) is 12.2. The summed E-state index contributed by atoms with van der Waals surface area (Å²) in [5.41, 5.74) is 2.58. The molecule has 3 aromatic heterocycles. The van der Waals surface area contributed by atoms with Crippen LogP contribution in [0, 0.1) is 0 Å². The third kappa shape index (κ3) is 1.75. The van der Waals surface area contributed by atoms with Gasteiger partial charge in [-0.3, -0.25) is 13.8 Å². The Balaban J connectivity index is 2.40. The van der Waals surface area contributed by atoms with Gasteiger partial charge in [-0.25, -0.2) is 4.98 Å². The van der Waals surface area contributed by atoms with Gasteiger partial charge < -0.3 is 0 Å². The summed E-state index contributed by atoms with van der Waals surface area (Å²) in [6, 6.07) is 11.7. The van der Waals surface area contributed by atoms with Gasteiger partial charge in [-0.15, -0.1) is 0 Å². The van der Waals surface area contributed by atoms with Crippen LogP contribution < -0.4 is 5.56 Å². The van der Waals surface area contributed by atoms with Crippen molar-refractivity contribution >= 4 is 43.5 Å². The highest BCUT2D eigenvalue weighted by molar-refractivity contribution is 9.10. The number of benzene rings is 1. The molecule has 0 amide bonds. The normalized spacial score (nSPS) is 12.0. The Morgan fingerprint density at radius 2 is 1.95 bits per heavy atom. The van der Waals surface area contributed by atoms with Crippen LogP contribution in [0.1, 0.15) is 19.9 Å². The summed E-state index contributed by atoms with van der Waals surface area (Å²) in [6.07, 6.45) is 1.95. The van der Waals surface area contributed by atoms with E-state index in [-0.39, 0.29) is 11.6 Å². The molecular formula is C17H14BrN3O. The van der Waals surface area contributed by atoms with Crippen LogP contribution in [0.4, 0.5) is 0 Å². The Hall–Kier alpha value is -2.14. The molecule has 0 atom stereocenters. The van der Waals surface area contributed by atoms with E-state index in [1.165, 1.54) is 0 Å². The molecule has 3 heterocycles. The zero-order valence-corrected chi connectivity index (χ0v) is 13.8. The highest BCUT2D eigenvalue weighted by atomic mass is 79.9. The first-order valence-corrected chi connectivity index (χ1v) is 7.98. The molecule has 0 bridgehead atoms. The molecule has 0 aliphatic carbocycles. The summed E-state index contributed by atoms with van der Waals surface area (Å²) in [7, 11) is 0. The van der Waals surface area contributed by atoms with Gasteiger partial charge in [-0.1, -0.05) is 22.0 Å². The van der Waals surface area contributed by atoms with Crippen LogP contribution in [0.3, 0.4) is 0 Å². The zero-order chi connectivity index (χ0) is 15.4. The number of fused-ring (bicyclic) bond motifs is 5. The first kappa shape index (κ1) is 13.5. The largest absolute Gasteiger partial charge is 0.289 e. The summed E-state index contributed by atoms with van der Waals surface area (Å²) in [5.74, 6) is 0. The van der Waals surface area contributed by atoms with E-state index in [1.54, 1.807) is 0 Å². The van der Waals surface area contributed by atoms with Gasteiger partial charge in [0.15, 0.2) is 0 Å². The summed E-state index contributed by atoms with van der Waals surface area (Å²) < 4.78 is 4.75. The van der Waals surface area contributed by atoms with Crippen molar-refractivity contribution in [2.45, 2.75) is 19.9 Å². The predicted octanol–water partition coefficient (Wildman–Crippen LogP) is 4.15. The second-order valence-electron chi connectivity index (χ2n) is 5.67. The van der Waals surface area contributed by atoms with Crippen molar-refractivity contribution in [3.05, 3.63) is 57.4 Å². The number of rotatable bonds is 1. The monoisotopic (exact) mass is 355 g/mol. The lowest BCUT2D eigenvalue weighted by Crippen LogP contribution is -2.23. The summed E-state index contributed by atoms with van der Waals surface area (Å²) in [5, 5.41) is 1.59.